The van der Waals surface area contributed by atoms with Gasteiger partial charge in [0, 0.05) is 6.04 Å². The van der Waals surface area contributed by atoms with Crippen molar-refractivity contribution in [3.8, 4) is 0 Å². The van der Waals surface area contributed by atoms with Gasteiger partial charge in [0.05, 0.1) is 0 Å². The Balaban J connectivity index is 2.25. The quantitative estimate of drug-likeness (QED) is 0.714. The summed E-state index contributed by atoms with van der Waals surface area (Å²) in [4.78, 5) is 0. The average Bonchev–Trinajstić information content (AvgIpc) is 2.29. The smallest absolute Gasteiger partial charge is 0.0154 e. The van der Waals surface area contributed by atoms with Crippen LogP contribution in [0.3, 0.4) is 0 Å². The van der Waals surface area contributed by atoms with Crippen LogP contribution in [0.1, 0.15) is 47.0 Å². The van der Waals surface area contributed by atoms with E-state index in [0.29, 0.717) is 5.41 Å². The molecule has 0 radical (unpaired) electrons. The molecule has 14 heavy (non-hydrogen) atoms. The van der Waals surface area contributed by atoms with E-state index in [0.717, 1.165) is 30.3 Å². The Hall–Kier alpha value is -0.0400. The molecule has 0 saturated heterocycles. The van der Waals surface area contributed by atoms with Crippen molar-refractivity contribution < 1.29 is 0 Å². The van der Waals surface area contributed by atoms with E-state index in [1.807, 2.05) is 0 Å². The predicted octanol–water partition coefficient (Wildman–Crippen LogP) is 3.06. The van der Waals surface area contributed by atoms with E-state index in [-0.39, 0.29) is 0 Å². The van der Waals surface area contributed by atoms with Crippen molar-refractivity contribution in [2.75, 3.05) is 6.54 Å². The fourth-order valence-corrected chi connectivity index (χ4v) is 4.18. The lowest BCUT2D eigenvalue weighted by Crippen LogP contribution is -2.47. The van der Waals surface area contributed by atoms with Crippen molar-refractivity contribution in [2.24, 2.45) is 23.2 Å². The van der Waals surface area contributed by atoms with Gasteiger partial charge in [0.1, 0.15) is 0 Å². The first-order valence-corrected chi connectivity index (χ1v) is 6.34. The standard InChI is InChI=1S/C13H25N/c1-5-14-12-11-7-6-8-13(12,4)10(3)9(11)2/h9-12,14H,5-8H2,1-4H3/t9-,10+,11?,12?,13?/m1/s1. The van der Waals surface area contributed by atoms with Crippen molar-refractivity contribution >= 4 is 0 Å². The zero-order chi connectivity index (χ0) is 10.3. The van der Waals surface area contributed by atoms with Crippen molar-refractivity contribution in [1.29, 1.82) is 0 Å². The minimum absolute atomic E-state index is 0.582. The van der Waals surface area contributed by atoms with E-state index < -0.39 is 0 Å². The third kappa shape index (κ3) is 1.25. The van der Waals surface area contributed by atoms with Gasteiger partial charge in [0.2, 0.25) is 0 Å². The Bertz CT molecular complexity index is 213. The summed E-state index contributed by atoms with van der Waals surface area (Å²) < 4.78 is 0. The van der Waals surface area contributed by atoms with Crippen molar-refractivity contribution in [3.05, 3.63) is 0 Å². The molecular weight excluding hydrogens is 170 g/mol. The summed E-state index contributed by atoms with van der Waals surface area (Å²) in [5, 5.41) is 3.75. The van der Waals surface area contributed by atoms with Crippen LogP contribution in [0.15, 0.2) is 0 Å². The first kappa shape index (κ1) is 10.5. The summed E-state index contributed by atoms with van der Waals surface area (Å²) in [6.45, 7) is 10.8. The monoisotopic (exact) mass is 195 g/mol. The van der Waals surface area contributed by atoms with Gasteiger partial charge in [-0.1, -0.05) is 34.1 Å². The molecule has 0 aliphatic heterocycles. The van der Waals surface area contributed by atoms with E-state index in [1.54, 1.807) is 0 Å². The maximum Gasteiger partial charge on any atom is 0.0154 e. The predicted molar refractivity (Wildman–Crippen MR) is 61.2 cm³/mol. The van der Waals surface area contributed by atoms with Gasteiger partial charge in [-0.15, -0.1) is 0 Å². The van der Waals surface area contributed by atoms with E-state index in [9.17, 15) is 0 Å². The van der Waals surface area contributed by atoms with Gasteiger partial charge in [0.25, 0.3) is 0 Å². The summed E-state index contributed by atoms with van der Waals surface area (Å²) in [5.74, 6) is 2.77. The molecule has 2 bridgehead atoms. The van der Waals surface area contributed by atoms with Crippen LogP contribution in [0, 0.1) is 23.2 Å². The van der Waals surface area contributed by atoms with E-state index in [2.05, 4.69) is 33.0 Å². The topological polar surface area (TPSA) is 12.0 Å². The fourth-order valence-electron chi connectivity index (χ4n) is 4.18. The summed E-state index contributed by atoms with van der Waals surface area (Å²) in [5.41, 5.74) is 0.582. The molecule has 82 valence electrons. The molecule has 2 saturated carbocycles. The van der Waals surface area contributed by atoms with Crippen LogP contribution in [0.2, 0.25) is 0 Å². The van der Waals surface area contributed by atoms with Gasteiger partial charge >= 0.3 is 0 Å². The number of rotatable bonds is 2. The third-order valence-corrected chi connectivity index (χ3v) is 5.32. The molecule has 0 heterocycles. The van der Waals surface area contributed by atoms with Crippen molar-refractivity contribution in [1.82, 2.24) is 5.32 Å². The molecule has 0 aromatic rings. The highest BCUT2D eigenvalue weighted by Gasteiger charge is 2.55. The molecule has 1 heteroatoms. The van der Waals surface area contributed by atoms with Gasteiger partial charge in [-0.05, 0) is 42.6 Å². The maximum atomic E-state index is 3.75. The highest BCUT2D eigenvalue weighted by Crippen LogP contribution is 2.57. The SMILES string of the molecule is CCNC1C2CCCC1(C)[C@@H](C)[C@H]2C. The lowest BCUT2D eigenvalue weighted by atomic mass is 9.70. The van der Waals surface area contributed by atoms with Crippen LogP contribution in [0.5, 0.6) is 0 Å². The lowest BCUT2D eigenvalue weighted by molar-refractivity contribution is 0.130. The molecule has 2 fully saturated rings. The number of hydrogen-bond acceptors (Lipinski definition) is 1. The Labute approximate surface area is 88.7 Å². The van der Waals surface area contributed by atoms with Gasteiger partial charge in [0.15, 0.2) is 0 Å². The molecular formula is C13H25N. The van der Waals surface area contributed by atoms with E-state index in [1.165, 1.54) is 19.3 Å². The molecule has 5 atom stereocenters. The molecule has 0 spiro atoms. The highest BCUT2D eigenvalue weighted by molar-refractivity contribution is 5.07. The Morgan fingerprint density at radius 3 is 2.64 bits per heavy atom. The van der Waals surface area contributed by atoms with Gasteiger partial charge in [-0.2, -0.15) is 0 Å². The first-order chi connectivity index (χ1) is 6.61. The normalized spacial score (nSPS) is 52.3. The second-order valence-electron chi connectivity index (χ2n) is 5.75. The second-order valence-corrected chi connectivity index (χ2v) is 5.75. The molecule has 0 aromatic heterocycles. The van der Waals surface area contributed by atoms with Gasteiger partial charge < -0.3 is 5.32 Å². The maximum absolute atomic E-state index is 3.75. The Morgan fingerprint density at radius 1 is 1.36 bits per heavy atom. The Morgan fingerprint density at radius 2 is 2.07 bits per heavy atom. The molecule has 1 nitrogen and oxygen atoms in total. The first-order valence-electron chi connectivity index (χ1n) is 6.34. The number of nitrogens with one attached hydrogen (secondary N) is 1. The summed E-state index contributed by atoms with van der Waals surface area (Å²) in [6, 6.07) is 0.797. The third-order valence-electron chi connectivity index (χ3n) is 5.32. The number of fused-ring (bicyclic) bond motifs is 2. The van der Waals surface area contributed by atoms with Crippen LogP contribution < -0.4 is 5.32 Å². The van der Waals surface area contributed by atoms with Gasteiger partial charge in [-0.3, -0.25) is 0 Å². The Kier molecular flexibility index (Phi) is 2.63. The molecule has 2 aliphatic rings. The highest BCUT2D eigenvalue weighted by atomic mass is 15.0. The van der Waals surface area contributed by atoms with Crippen molar-refractivity contribution in [3.63, 3.8) is 0 Å². The lowest BCUT2D eigenvalue weighted by Gasteiger charge is -2.41. The zero-order valence-electron chi connectivity index (χ0n) is 10.1. The summed E-state index contributed by atoms with van der Waals surface area (Å²) >= 11 is 0. The zero-order valence-corrected chi connectivity index (χ0v) is 10.1. The van der Waals surface area contributed by atoms with Crippen LogP contribution >= 0.6 is 0 Å². The molecule has 1 N–H and O–H groups in total. The van der Waals surface area contributed by atoms with Crippen LogP contribution in [0.4, 0.5) is 0 Å². The summed E-state index contributed by atoms with van der Waals surface area (Å²) in [7, 11) is 0. The average molecular weight is 195 g/mol. The largest absolute Gasteiger partial charge is 0.313 e. The minimum Gasteiger partial charge on any atom is -0.313 e. The summed E-state index contributed by atoms with van der Waals surface area (Å²) in [6.07, 6.45) is 4.35. The van der Waals surface area contributed by atoms with Crippen LogP contribution in [-0.4, -0.2) is 12.6 Å². The molecule has 2 aliphatic carbocycles. The van der Waals surface area contributed by atoms with Crippen molar-refractivity contribution in [2.45, 2.75) is 53.0 Å². The van der Waals surface area contributed by atoms with Gasteiger partial charge in [-0.25, -0.2) is 0 Å². The number of hydrogen-bond donors (Lipinski definition) is 1. The van der Waals surface area contributed by atoms with E-state index in [4.69, 9.17) is 0 Å². The molecule has 2 rings (SSSR count). The molecule has 0 aromatic carbocycles. The minimum atomic E-state index is 0.582. The second kappa shape index (κ2) is 3.52. The van der Waals surface area contributed by atoms with Crippen LogP contribution in [-0.2, 0) is 0 Å². The van der Waals surface area contributed by atoms with E-state index >= 15 is 0 Å². The molecule has 3 unspecified atom stereocenters. The van der Waals surface area contributed by atoms with Crippen LogP contribution in [0.25, 0.3) is 0 Å². The fraction of sp³-hybridized carbons (Fsp3) is 1.00. The molecule has 0 amide bonds.